The summed E-state index contributed by atoms with van der Waals surface area (Å²) in [5, 5.41) is 11.9. The summed E-state index contributed by atoms with van der Waals surface area (Å²) in [5.41, 5.74) is 1.60. The molecule has 0 aromatic heterocycles. The van der Waals surface area contributed by atoms with Crippen LogP contribution in [0, 0.1) is 5.92 Å². The first kappa shape index (κ1) is 20.4. The van der Waals surface area contributed by atoms with Crippen LogP contribution in [0.15, 0.2) is 24.3 Å². The van der Waals surface area contributed by atoms with Gasteiger partial charge in [-0.05, 0) is 43.9 Å². The Morgan fingerprint density at radius 1 is 1.19 bits per heavy atom. The monoisotopic (exact) mass is 362 g/mol. The van der Waals surface area contributed by atoms with Crippen molar-refractivity contribution in [2.75, 3.05) is 13.1 Å². The molecule has 0 aliphatic carbocycles. The molecule has 2 N–H and O–H groups in total. The van der Waals surface area contributed by atoms with Gasteiger partial charge >= 0.3 is 5.97 Å². The Kier molecular flexibility index (Phi) is 7.17. The molecule has 0 bridgehead atoms. The second-order valence-corrected chi connectivity index (χ2v) is 7.64. The van der Waals surface area contributed by atoms with Gasteiger partial charge in [-0.1, -0.05) is 26.0 Å². The summed E-state index contributed by atoms with van der Waals surface area (Å²) < 4.78 is 5.75. The molecule has 0 spiro atoms. The highest BCUT2D eigenvalue weighted by atomic mass is 16.5. The molecule has 1 aromatic rings. The van der Waals surface area contributed by atoms with E-state index in [1.807, 2.05) is 26.0 Å². The SMILES string of the molecule is CC(C)C[C@@H](NC(=O)c1ccc(CN2CC(C)OC(C)C2)cc1)C(=O)O. The second-order valence-electron chi connectivity index (χ2n) is 7.64. The fourth-order valence-electron chi connectivity index (χ4n) is 3.37. The molecule has 6 heteroatoms. The van der Waals surface area contributed by atoms with Crippen LogP contribution in [0.1, 0.15) is 50.0 Å². The normalized spacial score (nSPS) is 22.2. The zero-order chi connectivity index (χ0) is 19.3. The Bertz CT molecular complexity index is 605. The summed E-state index contributed by atoms with van der Waals surface area (Å²) in [6, 6.07) is 6.51. The molecule has 1 amide bonds. The summed E-state index contributed by atoms with van der Waals surface area (Å²) in [4.78, 5) is 26.0. The minimum Gasteiger partial charge on any atom is -0.480 e. The number of ether oxygens (including phenoxy) is 1. The van der Waals surface area contributed by atoms with Crippen LogP contribution in [-0.4, -0.2) is 53.2 Å². The second kappa shape index (κ2) is 9.14. The Hall–Kier alpha value is -1.92. The molecule has 6 nitrogen and oxygen atoms in total. The molecular weight excluding hydrogens is 332 g/mol. The molecule has 1 aliphatic heterocycles. The average Bonchev–Trinajstić information content (AvgIpc) is 2.53. The molecule has 1 saturated heterocycles. The van der Waals surface area contributed by atoms with Crippen LogP contribution in [0.2, 0.25) is 0 Å². The van der Waals surface area contributed by atoms with Gasteiger partial charge in [-0.3, -0.25) is 9.69 Å². The fraction of sp³-hybridized carbons (Fsp3) is 0.600. The molecule has 26 heavy (non-hydrogen) atoms. The maximum absolute atomic E-state index is 12.3. The van der Waals surface area contributed by atoms with Gasteiger partial charge in [0.1, 0.15) is 6.04 Å². The zero-order valence-electron chi connectivity index (χ0n) is 16.1. The van der Waals surface area contributed by atoms with Crippen LogP contribution in [0.25, 0.3) is 0 Å². The Labute approximate surface area is 155 Å². The smallest absolute Gasteiger partial charge is 0.326 e. The number of amides is 1. The number of nitrogens with one attached hydrogen (secondary N) is 1. The van der Waals surface area contributed by atoms with Crippen molar-refractivity contribution in [3.05, 3.63) is 35.4 Å². The minimum absolute atomic E-state index is 0.192. The highest BCUT2D eigenvalue weighted by molar-refractivity contribution is 5.96. The van der Waals surface area contributed by atoms with Gasteiger partial charge < -0.3 is 15.2 Å². The molecule has 144 valence electrons. The lowest BCUT2D eigenvalue weighted by Gasteiger charge is -2.35. The van der Waals surface area contributed by atoms with Crippen LogP contribution < -0.4 is 5.32 Å². The lowest BCUT2D eigenvalue weighted by molar-refractivity contribution is -0.139. The third-order valence-electron chi connectivity index (χ3n) is 4.43. The summed E-state index contributed by atoms with van der Waals surface area (Å²) in [6.45, 7) is 10.6. The number of rotatable bonds is 7. The standard InChI is InChI=1S/C20H30N2O4/c1-13(2)9-18(20(24)25)21-19(23)17-7-5-16(6-8-17)12-22-10-14(3)26-15(4)11-22/h5-8,13-15,18H,9-12H2,1-4H3,(H,21,23)(H,24,25)/t14?,15?,18-/m1/s1. The number of carbonyl (C=O) groups is 2. The lowest BCUT2D eigenvalue weighted by Crippen LogP contribution is -2.44. The summed E-state index contributed by atoms with van der Waals surface area (Å²) in [5.74, 6) is -1.16. The Morgan fingerprint density at radius 3 is 2.27 bits per heavy atom. The summed E-state index contributed by atoms with van der Waals surface area (Å²) in [6.07, 6.45) is 0.849. The van der Waals surface area contributed by atoms with Crippen molar-refractivity contribution in [2.24, 2.45) is 5.92 Å². The van der Waals surface area contributed by atoms with Crippen molar-refractivity contribution in [1.82, 2.24) is 10.2 Å². The maximum Gasteiger partial charge on any atom is 0.326 e. The van der Waals surface area contributed by atoms with Crippen molar-refractivity contribution in [3.8, 4) is 0 Å². The molecule has 1 fully saturated rings. The van der Waals surface area contributed by atoms with E-state index in [1.165, 1.54) is 0 Å². The predicted octanol–water partition coefficient (Wildman–Crippen LogP) is 2.52. The molecule has 2 unspecified atom stereocenters. The number of carboxylic acid groups (broad SMARTS) is 1. The van der Waals surface area contributed by atoms with E-state index in [-0.39, 0.29) is 24.0 Å². The van der Waals surface area contributed by atoms with Crippen molar-refractivity contribution >= 4 is 11.9 Å². The molecule has 0 saturated carbocycles. The van der Waals surface area contributed by atoms with Gasteiger partial charge in [0.2, 0.25) is 0 Å². The zero-order valence-corrected chi connectivity index (χ0v) is 16.1. The van der Waals surface area contributed by atoms with E-state index in [1.54, 1.807) is 12.1 Å². The van der Waals surface area contributed by atoms with E-state index in [9.17, 15) is 14.7 Å². The van der Waals surface area contributed by atoms with Crippen LogP contribution in [0.5, 0.6) is 0 Å². The number of morpholine rings is 1. The predicted molar refractivity (Wildman–Crippen MR) is 100 cm³/mol. The first-order valence-electron chi connectivity index (χ1n) is 9.25. The summed E-state index contributed by atoms with van der Waals surface area (Å²) >= 11 is 0. The first-order valence-corrected chi connectivity index (χ1v) is 9.25. The summed E-state index contributed by atoms with van der Waals surface area (Å²) in [7, 11) is 0. The van der Waals surface area contributed by atoms with Gasteiger partial charge in [-0.2, -0.15) is 0 Å². The topological polar surface area (TPSA) is 78.9 Å². The number of hydrogen-bond acceptors (Lipinski definition) is 4. The van der Waals surface area contributed by atoms with E-state index in [2.05, 4.69) is 24.1 Å². The number of hydrogen-bond donors (Lipinski definition) is 2. The third kappa shape index (κ3) is 6.11. The maximum atomic E-state index is 12.3. The quantitative estimate of drug-likeness (QED) is 0.779. The molecule has 3 atom stereocenters. The van der Waals surface area contributed by atoms with Crippen molar-refractivity contribution in [3.63, 3.8) is 0 Å². The minimum atomic E-state index is -1.00. The van der Waals surface area contributed by atoms with E-state index >= 15 is 0 Å². The van der Waals surface area contributed by atoms with Crippen LogP contribution in [0.4, 0.5) is 0 Å². The average molecular weight is 362 g/mol. The Morgan fingerprint density at radius 2 is 1.77 bits per heavy atom. The number of aliphatic carboxylic acids is 1. The van der Waals surface area contributed by atoms with E-state index in [0.717, 1.165) is 25.2 Å². The van der Waals surface area contributed by atoms with Crippen LogP contribution in [0.3, 0.4) is 0 Å². The third-order valence-corrected chi connectivity index (χ3v) is 4.43. The van der Waals surface area contributed by atoms with Gasteiger partial charge in [0, 0.05) is 25.2 Å². The lowest BCUT2D eigenvalue weighted by atomic mass is 10.0. The van der Waals surface area contributed by atoms with Gasteiger partial charge in [-0.25, -0.2) is 4.79 Å². The largest absolute Gasteiger partial charge is 0.480 e. The molecule has 1 aromatic carbocycles. The fourth-order valence-corrected chi connectivity index (χ4v) is 3.37. The molecule has 0 radical (unpaired) electrons. The Balaban J connectivity index is 1.95. The molecular formula is C20H30N2O4. The first-order chi connectivity index (χ1) is 12.2. The van der Waals surface area contributed by atoms with E-state index in [0.29, 0.717) is 12.0 Å². The van der Waals surface area contributed by atoms with E-state index in [4.69, 9.17) is 4.74 Å². The molecule has 2 rings (SSSR count). The highest BCUT2D eigenvalue weighted by Crippen LogP contribution is 2.15. The van der Waals surface area contributed by atoms with Crippen molar-refractivity contribution in [2.45, 2.75) is 58.9 Å². The van der Waals surface area contributed by atoms with Crippen molar-refractivity contribution in [1.29, 1.82) is 0 Å². The number of carbonyl (C=O) groups excluding carboxylic acids is 1. The highest BCUT2D eigenvalue weighted by Gasteiger charge is 2.23. The number of benzene rings is 1. The van der Waals surface area contributed by atoms with Gasteiger partial charge in [0.15, 0.2) is 0 Å². The van der Waals surface area contributed by atoms with Gasteiger partial charge in [0.25, 0.3) is 5.91 Å². The molecule has 1 heterocycles. The van der Waals surface area contributed by atoms with Gasteiger partial charge in [0.05, 0.1) is 12.2 Å². The van der Waals surface area contributed by atoms with Crippen LogP contribution >= 0.6 is 0 Å². The van der Waals surface area contributed by atoms with Gasteiger partial charge in [-0.15, -0.1) is 0 Å². The van der Waals surface area contributed by atoms with E-state index < -0.39 is 12.0 Å². The number of carboxylic acids is 1. The molecule has 1 aliphatic rings. The van der Waals surface area contributed by atoms with Crippen LogP contribution in [-0.2, 0) is 16.1 Å². The van der Waals surface area contributed by atoms with Crippen molar-refractivity contribution < 1.29 is 19.4 Å². The number of nitrogens with zero attached hydrogens (tertiary/aromatic N) is 1.